The van der Waals surface area contributed by atoms with Crippen molar-refractivity contribution in [1.29, 1.82) is 0 Å². The molecule has 4 heteroatoms. The van der Waals surface area contributed by atoms with Crippen molar-refractivity contribution in [2.24, 2.45) is 17.6 Å². The molecule has 0 aromatic heterocycles. The van der Waals surface area contributed by atoms with E-state index in [1.165, 1.54) is 5.56 Å². The first kappa shape index (κ1) is 14.4. The second-order valence-corrected chi connectivity index (χ2v) is 7.04. The van der Waals surface area contributed by atoms with Crippen LogP contribution in [0.5, 0.6) is 0 Å². The molecule has 2 aliphatic rings. The van der Waals surface area contributed by atoms with E-state index < -0.39 is 0 Å². The van der Waals surface area contributed by atoms with Crippen LogP contribution in [0.1, 0.15) is 18.4 Å². The van der Waals surface area contributed by atoms with Crippen LogP contribution < -0.4 is 5.73 Å². The molecule has 1 heterocycles. The average molecular weight is 287 g/mol. The molecule has 1 saturated heterocycles. The van der Waals surface area contributed by atoms with Crippen LogP contribution in [0.15, 0.2) is 30.3 Å². The van der Waals surface area contributed by atoms with E-state index in [9.17, 15) is 4.79 Å². The fraction of sp³-hybridized carbons (Fsp3) is 0.588. The number of nitrogens with zero attached hydrogens (tertiary/aromatic N) is 2. The largest absolute Gasteiger partial charge is 0.331 e. The Balaban J connectivity index is 1.62. The fourth-order valence-corrected chi connectivity index (χ4v) is 4.11. The van der Waals surface area contributed by atoms with Crippen LogP contribution in [0, 0.1) is 11.8 Å². The molecule has 114 valence electrons. The van der Waals surface area contributed by atoms with Gasteiger partial charge in [-0.2, -0.15) is 0 Å². The number of carbonyl (C=O) groups excluding carboxylic acids is 1. The summed E-state index contributed by atoms with van der Waals surface area (Å²) in [5, 5.41) is 0. The van der Waals surface area contributed by atoms with Crippen molar-refractivity contribution < 1.29 is 4.79 Å². The zero-order valence-corrected chi connectivity index (χ0v) is 13.0. The van der Waals surface area contributed by atoms with Crippen LogP contribution >= 0.6 is 0 Å². The van der Waals surface area contributed by atoms with Crippen molar-refractivity contribution in [2.75, 3.05) is 27.2 Å². The van der Waals surface area contributed by atoms with Crippen LogP contribution in [-0.4, -0.2) is 48.6 Å². The molecule has 2 amide bonds. The summed E-state index contributed by atoms with van der Waals surface area (Å²) in [6.45, 7) is 1.74. The molecule has 2 N–H and O–H groups in total. The van der Waals surface area contributed by atoms with Gasteiger partial charge in [0.25, 0.3) is 0 Å². The molecule has 0 bridgehead atoms. The van der Waals surface area contributed by atoms with E-state index in [1.54, 1.807) is 4.90 Å². The Bertz CT molecular complexity index is 500. The average Bonchev–Trinajstić information content (AvgIpc) is 2.93. The van der Waals surface area contributed by atoms with Gasteiger partial charge in [-0.25, -0.2) is 4.79 Å². The molecule has 0 unspecified atom stereocenters. The van der Waals surface area contributed by atoms with Crippen molar-refractivity contribution >= 4 is 6.03 Å². The summed E-state index contributed by atoms with van der Waals surface area (Å²) in [5.41, 5.74) is 7.88. The molecular formula is C17H25N3O. The molecule has 4 nitrogen and oxygen atoms in total. The third-order valence-corrected chi connectivity index (χ3v) is 4.97. The molecule has 2 fully saturated rings. The number of amides is 2. The van der Waals surface area contributed by atoms with Crippen LogP contribution in [0.25, 0.3) is 0 Å². The number of urea groups is 1. The van der Waals surface area contributed by atoms with Crippen LogP contribution in [0.2, 0.25) is 0 Å². The Morgan fingerprint density at radius 3 is 2.33 bits per heavy atom. The lowest BCUT2D eigenvalue weighted by molar-refractivity contribution is 0.176. The number of benzene rings is 1. The Labute approximate surface area is 126 Å². The molecule has 0 radical (unpaired) electrons. The summed E-state index contributed by atoms with van der Waals surface area (Å²) >= 11 is 0. The zero-order valence-electron chi connectivity index (χ0n) is 13.0. The van der Waals surface area contributed by atoms with Crippen LogP contribution in [0.4, 0.5) is 4.79 Å². The third-order valence-electron chi connectivity index (χ3n) is 4.97. The van der Waals surface area contributed by atoms with Gasteiger partial charge >= 0.3 is 6.03 Å². The predicted octanol–water partition coefficient (Wildman–Crippen LogP) is 1.95. The predicted molar refractivity (Wildman–Crippen MR) is 83.9 cm³/mol. The molecule has 3 rings (SSSR count). The van der Waals surface area contributed by atoms with Gasteiger partial charge in [-0.15, -0.1) is 0 Å². The Morgan fingerprint density at radius 1 is 1.24 bits per heavy atom. The van der Waals surface area contributed by atoms with E-state index in [4.69, 9.17) is 5.73 Å². The van der Waals surface area contributed by atoms with Gasteiger partial charge in [0.05, 0.1) is 0 Å². The normalized spacial score (nSPS) is 31.3. The number of nitrogens with two attached hydrogens (primary N) is 1. The Kier molecular flexibility index (Phi) is 3.66. The zero-order chi connectivity index (χ0) is 15.0. The second-order valence-electron chi connectivity index (χ2n) is 7.04. The van der Waals surface area contributed by atoms with Gasteiger partial charge in [-0.05, 0) is 36.7 Å². The Hall–Kier alpha value is -1.55. The molecule has 1 aliphatic heterocycles. The molecule has 1 saturated carbocycles. The van der Waals surface area contributed by atoms with E-state index >= 15 is 0 Å². The smallest absolute Gasteiger partial charge is 0.319 e. The van der Waals surface area contributed by atoms with Crippen molar-refractivity contribution in [3.63, 3.8) is 0 Å². The number of rotatable bonds is 2. The van der Waals surface area contributed by atoms with Gasteiger partial charge in [0.15, 0.2) is 0 Å². The minimum atomic E-state index is -0.0933. The van der Waals surface area contributed by atoms with E-state index in [0.29, 0.717) is 11.8 Å². The maximum absolute atomic E-state index is 12.0. The summed E-state index contributed by atoms with van der Waals surface area (Å²) in [5.74, 6) is 1.14. The third kappa shape index (κ3) is 2.91. The van der Waals surface area contributed by atoms with E-state index in [2.05, 4.69) is 24.3 Å². The minimum Gasteiger partial charge on any atom is -0.331 e. The lowest BCUT2D eigenvalue weighted by Gasteiger charge is -2.28. The van der Waals surface area contributed by atoms with Gasteiger partial charge in [-0.3, -0.25) is 0 Å². The van der Waals surface area contributed by atoms with E-state index in [1.807, 2.05) is 25.1 Å². The number of hydrogen-bond donors (Lipinski definition) is 1. The first-order chi connectivity index (χ1) is 9.97. The molecule has 1 aromatic carbocycles. The van der Waals surface area contributed by atoms with Crippen LogP contribution in [0.3, 0.4) is 0 Å². The number of fused-ring (bicyclic) bond motifs is 1. The lowest BCUT2D eigenvalue weighted by atomic mass is 9.89. The summed E-state index contributed by atoms with van der Waals surface area (Å²) in [4.78, 5) is 15.7. The Morgan fingerprint density at radius 2 is 1.81 bits per heavy atom. The van der Waals surface area contributed by atoms with Crippen molar-refractivity contribution in [3.05, 3.63) is 35.9 Å². The van der Waals surface area contributed by atoms with Gasteiger partial charge in [0.2, 0.25) is 0 Å². The fourth-order valence-electron chi connectivity index (χ4n) is 4.11. The van der Waals surface area contributed by atoms with Crippen LogP contribution in [-0.2, 0) is 6.42 Å². The summed E-state index contributed by atoms with van der Waals surface area (Å²) in [6, 6.07) is 10.6. The monoisotopic (exact) mass is 287 g/mol. The second kappa shape index (κ2) is 5.34. The van der Waals surface area contributed by atoms with Crippen molar-refractivity contribution in [2.45, 2.75) is 24.8 Å². The first-order valence-corrected chi connectivity index (χ1v) is 7.76. The lowest BCUT2D eigenvalue weighted by Crippen LogP contribution is -2.43. The molecule has 1 aliphatic carbocycles. The highest BCUT2D eigenvalue weighted by molar-refractivity contribution is 5.74. The summed E-state index contributed by atoms with van der Waals surface area (Å²) in [6.07, 6.45) is 3.01. The molecule has 0 spiro atoms. The standard InChI is InChI=1S/C17H25N3O/c1-19(2)16(21)20-11-14-9-17(18,10-15(14)12-20)8-13-6-4-3-5-7-13/h3-7,14-15H,8-12,18H2,1-2H3/t14-,15+,17-. The van der Waals surface area contributed by atoms with Gasteiger partial charge in [-0.1, -0.05) is 30.3 Å². The maximum atomic E-state index is 12.0. The highest BCUT2D eigenvalue weighted by Crippen LogP contribution is 2.44. The highest BCUT2D eigenvalue weighted by atomic mass is 16.2. The van der Waals surface area contributed by atoms with Gasteiger partial charge < -0.3 is 15.5 Å². The highest BCUT2D eigenvalue weighted by Gasteiger charge is 2.48. The quantitative estimate of drug-likeness (QED) is 0.904. The maximum Gasteiger partial charge on any atom is 0.319 e. The topological polar surface area (TPSA) is 49.6 Å². The molecule has 3 atom stereocenters. The van der Waals surface area contributed by atoms with Gasteiger partial charge in [0, 0.05) is 32.7 Å². The minimum absolute atomic E-state index is 0.0933. The molecular weight excluding hydrogens is 262 g/mol. The van der Waals surface area contributed by atoms with Crippen molar-refractivity contribution in [3.8, 4) is 0 Å². The molecule has 1 aromatic rings. The molecule has 21 heavy (non-hydrogen) atoms. The number of hydrogen-bond acceptors (Lipinski definition) is 2. The number of carbonyl (C=O) groups is 1. The van der Waals surface area contributed by atoms with E-state index in [-0.39, 0.29) is 11.6 Å². The SMILES string of the molecule is CN(C)C(=O)N1C[C@@H]2C[C@@](N)(Cc3ccccc3)C[C@@H]2C1. The van der Waals surface area contributed by atoms with Crippen molar-refractivity contribution in [1.82, 2.24) is 9.80 Å². The summed E-state index contributed by atoms with van der Waals surface area (Å²) in [7, 11) is 3.64. The summed E-state index contributed by atoms with van der Waals surface area (Å²) < 4.78 is 0. The van der Waals surface area contributed by atoms with E-state index in [0.717, 1.165) is 32.4 Å². The first-order valence-electron chi connectivity index (χ1n) is 7.76. The number of likely N-dealkylation sites (tertiary alicyclic amines) is 1. The van der Waals surface area contributed by atoms with Gasteiger partial charge in [0.1, 0.15) is 0 Å².